The number of benzene rings is 1. The van der Waals surface area contributed by atoms with Crippen LogP contribution in [-0.4, -0.2) is 92.5 Å². The summed E-state index contributed by atoms with van der Waals surface area (Å²) in [5, 5.41) is 10.8. The van der Waals surface area contributed by atoms with E-state index in [2.05, 4.69) is 22.8 Å². The first-order valence-corrected chi connectivity index (χ1v) is 12.4. The summed E-state index contributed by atoms with van der Waals surface area (Å²) in [6.45, 7) is 6.81. The smallest absolute Gasteiger partial charge is 0.259 e. The van der Waals surface area contributed by atoms with Crippen LogP contribution < -0.4 is 9.64 Å². The number of aliphatic hydroxyl groups is 1. The van der Waals surface area contributed by atoms with Crippen molar-refractivity contribution in [1.29, 1.82) is 0 Å². The second kappa shape index (κ2) is 12.4. The van der Waals surface area contributed by atoms with Crippen molar-refractivity contribution < 1.29 is 14.6 Å². The molecule has 0 saturated carbocycles. The van der Waals surface area contributed by atoms with E-state index in [1.807, 2.05) is 37.2 Å². The number of carbonyl (C=O) groups is 1. The number of nitrogens with zero attached hydrogens (tertiary/aromatic N) is 4. The van der Waals surface area contributed by atoms with Crippen molar-refractivity contribution in [3.8, 4) is 5.75 Å². The minimum absolute atomic E-state index is 0.555. The van der Waals surface area contributed by atoms with Gasteiger partial charge in [0, 0.05) is 58.1 Å². The second-order valence-electron chi connectivity index (χ2n) is 9.51. The third-order valence-corrected chi connectivity index (χ3v) is 6.94. The molecule has 2 aliphatic rings. The van der Waals surface area contributed by atoms with Crippen molar-refractivity contribution in [3.63, 3.8) is 0 Å². The first kappa shape index (κ1) is 25.5. The molecule has 1 aromatic rings. The van der Waals surface area contributed by atoms with E-state index in [-0.39, 0.29) is 0 Å². The van der Waals surface area contributed by atoms with Crippen molar-refractivity contribution in [2.45, 2.75) is 57.9 Å². The van der Waals surface area contributed by atoms with Crippen molar-refractivity contribution in [1.82, 2.24) is 14.7 Å². The molecule has 2 fully saturated rings. The van der Waals surface area contributed by atoms with Gasteiger partial charge in [-0.3, -0.25) is 4.79 Å². The Morgan fingerprint density at radius 3 is 2.45 bits per heavy atom. The van der Waals surface area contributed by atoms with Crippen LogP contribution >= 0.6 is 0 Å². The average Bonchev–Trinajstić information content (AvgIpc) is 2.84. The van der Waals surface area contributed by atoms with E-state index >= 15 is 0 Å². The number of likely N-dealkylation sites (N-methyl/N-ethyl adjacent to an activating group) is 1. The zero-order chi connectivity index (χ0) is 23.8. The molecule has 0 aromatic heterocycles. The Bertz CT molecular complexity index is 784. The highest BCUT2D eigenvalue weighted by Crippen LogP contribution is 2.32. The predicted molar refractivity (Wildman–Crippen MR) is 134 cm³/mol. The van der Waals surface area contributed by atoms with Gasteiger partial charge in [-0.15, -0.1) is 0 Å². The van der Waals surface area contributed by atoms with Crippen molar-refractivity contribution >= 4 is 17.7 Å². The summed E-state index contributed by atoms with van der Waals surface area (Å²) in [6, 6.07) is 6.61. The number of rotatable bonds is 10. The zero-order valence-electron chi connectivity index (χ0n) is 20.9. The molecule has 1 aromatic carbocycles. The Morgan fingerprint density at radius 1 is 1.15 bits per heavy atom. The number of ether oxygens (including phenoxy) is 1. The standard InChI is InChI=1S/C26H42N4O3/c1-5-21(11-16-28(4)20-31)24-19-23(9-10-25(24)27(2)3)33-26(32)30-17-12-22(13-18-30)29-14-7-6-8-15-29/h9-11,19-20,22,26,32H,5-8,12-18H2,1-4H3/b21-11+. The number of hydrogen-bond acceptors (Lipinski definition) is 6. The lowest BCUT2D eigenvalue weighted by Crippen LogP contribution is -2.50. The fraction of sp³-hybridized carbons (Fsp3) is 0.654. The molecule has 33 heavy (non-hydrogen) atoms. The molecule has 1 unspecified atom stereocenters. The topological polar surface area (TPSA) is 59.5 Å². The Labute approximate surface area is 199 Å². The van der Waals surface area contributed by atoms with E-state index in [4.69, 9.17) is 4.74 Å². The van der Waals surface area contributed by atoms with Crippen molar-refractivity contribution in [3.05, 3.63) is 29.8 Å². The van der Waals surface area contributed by atoms with E-state index in [1.54, 1.807) is 11.9 Å². The lowest BCUT2D eigenvalue weighted by molar-refractivity contribution is -0.146. The molecule has 2 heterocycles. The Hall–Kier alpha value is -2.09. The monoisotopic (exact) mass is 458 g/mol. The predicted octanol–water partition coefficient (Wildman–Crippen LogP) is 3.24. The highest BCUT2D eigenvalue weighted by molar-refractivity contribution is 5.78. The van der Waals surface area contributed by atoms with Crippen LogP contribution in [0.4, 0.5) is 5.69 Å². The number of piperidine rings is 2. The molecule has 0 radical (unpaired) electrons. The molecule has 2 aliphatic heterocycles. The molecule has 7 heteroatoms. The maximum absolute atomic E-state index is 11.0. The van der Waals surface area contributed by atoms with Gasteiger partial charge in [0.25, 0.3) is 6.41 Å². The van der Waals surface area contributed by atoms with Gasteiger partial charge >= 0.3 is 0 Å². The van der Waals surface area contributed by atoms with Crippen molar-refractivity contribution in [2.75, 3.05) is 58.8 Å². The van der Waals surface area contributed by atoms with Crippen molar-refractivity contribution in [2.24, 2.45) is 0 Å². The number of likely N-dealkylation sites (tertiary alicyclic amines) is 2. The van der Waals surface area contributed by atoms with Crippen LogP contribution in [0.25, 0.3) is 5.57 Å². The van der Waals surface area contributed by atoms with Gasteiger partial charge in [0.15, 0.2) is 0 Å². The molecular formula is C26H42N4O3. The quantitative estimate of drug-likeness (QED) is 0.429. The molecule has 1 N–H and O–H groups in total. The number of allylic oxidation sites excluding steroid dienone is 1. The van der Waals surface area contributed by atoms with Gasteiger partial charge in [-0.25, -0.2) is 4.90 Å². The SMILES string of the molecule is CC/C(=C\CN(C)C=O)c1cc(OC(O)N2CCC(N3CCCCC3)CC2)ccc1N(C)C. The number of hydrogen-bond donors (Lipinski definition) is 1. The molecule has 1 atom stereocenters. The van der Waals surface area contributed by atoms with Gasteiger partial charge in [-0.1, -0.05) is 19.4 Å². The first-order chi connectivity index (χ1) is 15.9. The number of amides is 1. The third-order valence-electron chi connectivity index (χ3n) is 6.94. The van der Waals surface area contributed by atoms with Crippen LogP contribution in [0.5, 0.6) is 5.75 Å². The number of aliphatic hydroxyl groups excluding tert-OH is 1. The summed E-state index contributed by atoms with van der Waals surface area (Å²) >= 11 is 0. The van der Waals surface area contributed by atoms with E-state index < -0.39 is 6.41 Å². The van der Waals surface area contributed by atoms with Gasteiger partial charge in [0.1, 0.15) is 5.75 Å². The third kappa shape index (κ3) is 6.95. The van der Waals surface area contributed by atoms with Crippen LogP contribution in [0.1, 0.15) is 51.0 Å². The normalized spacial score (nSPS) is 19.8. The molecule has 7 nitrogen and oxygen atoms in total. The lowest BCUT2D eigenvalue weighted by Gasteiger charge is -2.41. The van der Waals surface area contributed by atoms with Gasteiger partial charge in [-0.05, 0) is 69.0 Å². The molecule has 0 aliphatic carbocycles. The van der Waals surface area contributed by atoms with Gasteiger partial charge in [0.2, 0.25) is 6.41 Å². The Morgan fingerprint density at radius 2 is 1.85 bits per heavy atom. The Balaban J connectivity index is 1.66. The maximum Gasteiger partial charge on any atom is 0.259 e. The fourth-order valence-corrected chi connectivity index (χ4v) is 4.93. The summed E-state index contributed by atoms with van der Waals surface area (Å²) in [4.78, 5) is 19.4. The summed E-state index contributed by atoms with van der Waals surface area (Å²) in [7, 11) is 5.81. The molecule has 0 spiro atoms. The molecule has 1 amide bonds. The highest BCUT2D eigenvalue weighted by atomic mass is 16.6. The van der Waals surface area contributed by atoms with Crippen LogP contribution in [0, 0.1) is 0 Å². The highest BCUT2D eigenvalue weighted by Gasteiger charge is 2.29. The first-order valence-electron chi connectivity index (χ1n) is 12.4. The molecule has 184 valence electrons. The van der Waals surface area contributed by atoms with Gasteiger partial charge in [0.05, 0.1) is 0 Å². The van der Waals surface area contributed by atoms with Crippen LogP contribution in [0.3, 0.4) is 0 Å². The minimum Gasteiger partial charge on any atom is -0.451 e. The molecule has 0 bridgehead atoms. The zero-order valence-corrected chi connectivity index (χ0v) is 20.9. The summed E-state index contributed by atoms with van der Waals surface area (Å²) in [5.74, 6) is 0.657. The van der Waals surface area contributed by atoms with Crippen LogP contribution in [0.2, 0.25) is 0 Å². The average molecular weight is 459 g/mol. The van der Waals surface area contributed by atoms with E-state index in [1.165, 1.54) is 32.4 Å². The van der Waals surface area contributed by atoms with Crippen LogP contribution in [0.15, 0.2) is 24.3 Å². The summed E-state index contributed by atoms with van der Waals surface area (Å²) in [6.07, 6.45) is 8.97. The van der Waals surface area contributed by atoms with E-state index in [0.717, 1.165) is 55.6 Å². The molecular weight excluding hydrogens is 416 g/mol. The molecule has 3 rings (SSSR count). The van der Waals surface area contributed by atoms with Gasteiger partial charge in [-0.2, -0.15) is 0 Å². The van der Waals surface area contributed by atoms with Gasteiger partial charge < -0.3 is 24.5 Å². The Kier molecular flexibility index (Phi) is 9.59. The number of anilines is 1. The molecule has 2 saturated heterocycles. The fourth-order valence-electron chi connectivity index (χ4n) is 4.93. The summed E-state index contributed by atoms with van der Waals surface area (Å²) in [5.41, 5.74) is 3.30. The second-order valence-corrected chi connectivity index (χ2v) is 9.51. The summed E-state index contributed by atoms with van der Waals surface area (Å²) < 4.78 is 6.01. The van der Waals surface area contributed by atoms with E-state index in [9.17, 15) is 9.90 Å². The largest absolute Gasteiger partial charge is 0.451 e. The number of carbonyl (C=O) groups excluding carboxylic acids is 1. The van der Waals surface area contributed by atoms with E-state index in [0.29, 0.717) is 18.3 Å². The van der Waals surface area contributed by atoms with Crippen LogP contribution in [-0.2, 0) is 4.79 Å². The lowest BCUT2D eigenvalue weighted by atomic mass is 10.00. The minimum atomic E-state index is -0.944. The maximum atomic E-state index is 11.0.